The Balaban J connectivity index is 2.59. The number of urea groups is 1. The monoisotopic (exact) mass is 258 g/mol. The number of amides is 2. The summed E-state index contributed by atoms with van der Waals surface area (Å²) in [6, 6.07) is -1.24. The molecule has 2 amide bonds. The maximum atomic E-state index is 12.0. The SMILES string of the molecule is CC1CCC(C)N(C(=O)N[C@@H](CCO)C(=O)O)C1. The molecule has 0 saturated carbocycles. The van der Waals surface area contributed by atoms with E-state index in [1.54, 1.807) is 4.90 Å². The third kappa shape index (κ3) is 3.87. The number of nitrogens with zero attached hydrogens (tertiary/aromatic N) is 1. The fourth-order valence-electron chi connectivity index (χ4n) is 2.19. The molecular weight excluding hydrogens is 236 g/mol. The Morgan fingerprint density at radius 3 is 2.61 bits per heavy atom. The number of carbonyl (C=O) groups is 2. The molecule has 1 saturated heterocycles. The van der Waals surface area contributed by atoms with Gasteiger partial charge in [-0.2, -0.15) is 0 Å². The number of carboxylic acid groups (broad SMARTS) is 1. The van der Waals surface area contributed by atoms with E-state index in [4.69, 9.17) is 10.2 Å². The van der Waals surface area contributed by atoms with E-state index < -0.39 is 12.0 Å². The van der Waals surface area contributed by atoms with Gasteiger partial charge in [-0.05, 0) is 25.7 Å². The zero-order valence-corrected chi connectivity index (χ0v) is 10.9. The summed E-state index contributed by atoms with van der Waals surface area (Å²) in [5.41, 5.74) is 0. The van der Waals surface area contributed by atoms with E-state index in [-0.39, 0.29) is 25.1 Å². The van der Waals surface area contributed by atoms with Gasteiger partial charge in [-0.25, -0.2) is 9.59 Å². The molecule has 18 heavy (non-hydrogen) atoms. The quantitative estimate of drug-likeness (QED) is 0.690. The van der Waals surface area contributed by atoms with Gasteiger partial charge in [0.2, 0.25) is 0 Å². The van der Waals surface area contributed by atoms with Crippen molar-refractivity contribution in [1.29, 1.82) is 0 Å². The van der Waals surface area contributed by atoms with Crippen LogP contribution in [0.1, 0.15) is 33.1 Å². The molecule has 1 aliphatic rings. The van der Waals surface area contributed by atoms with Crippen LogP contribution in [0.4, 0.5) is 4.79 Å². The van der Waals surface area contributed by atoms with E-state index in [1.807, 2.05) is 6.92 Å². The first-order valence-corrected chi connectivity index (χ1v) is 6.36. The van der Waals surface area contributed by atoms with Crippen molar-refractivity contribution in [3.05, 3.63) is 0 Å². The summed E-state index contributed by atoms with van der Waals surface area (Å²) >= 11 is 0. The normalized spacial score (nSPS) is 25.6. The number of hydrogen-bond acceptors (Lipinski definition) is 3. The fraction of sp³-hybridized carbons (Fsp3) is 0.833. The van der Waals surface area contributed by atoms with Crippen LogP contribution in [-0.4, -0.2) is 52.3 Å². The number of aliphatic hydroxyl groups is 1. The highest BCUT2D eigenvalue weighted by Gasteiger charge is 2.29. The van der Waals surface area contributed by atoms with Crippen LogP contribution < -0.4 is 5.32 Å². The first-order chi connectivity index (χ1) is 8.45. The molecule has 3 N–H and O–H groups in total. The van der Waals surface area contributed by atoms with E-state index >= 15 is 0 Å². The lowest BCUT2D eigenvalue weighted by atomic mass is 9.95. The summed E-state index contributed by atoms with van der Waals surface area (Å²) in [6.07, 6.45) is 2.05. The Bertz CT molecular complexity index is 308. The van der Waals surface area contributed by atoms with E-state index in [0.717, 1.165) is 12.8 Å². The van der Waals surface area contributed by atoms with Crippen LogP contribution in [0.3, 0.4) is 0 Å². The summed E-state index contributed by atoms with van der Waals surface area (Å²) in [6.45, 7) is 4.43. The Kier molecular flexibility index (Phi) is 5.40. The molecule has 0 radical (unpaired) electrons. The molecule has 0 aliphatic carbocycles. The van der Waals surface area contributed by atoms with Crippen molar-refractivity contribution < 1.29 is 19.8 Å². The van der Waals surface area contributed by atoms with Crippen LogP contribution in [0.5, 0.6) is 0 Å². The first-order valence-electron chi connectivity index (χ1n) is 6.36. The predicted molar refractivity (Wildman–Crippen MR) is 66.2 cm³/mol. The summed E-state index contributed by atoms with van der Waals surface area (Å²) in [5.74, 6) is -0.678. The molecule has 6 nitrogen and oxygen atoms in total. The maximum absolute atomic E-state index is 12.0. The third-order valence-electron chi connectivity index (χ3n) is 3.39. The van der Waals surface area contributed by atoms with Crippen LogP contribution in [0.15, 0.2) is 0 Å². The summed E-state index contributed by atoms with van der Waals surface area (Å²) in [5, 5.41) is 20.2. The topological polar surface area (TPSA) is 89.9 Å². The van der Waals surface area contributed by atoms with E-state index in [9.17, 15) is 9.59 Å². The van der Waals surface area contributed by atoms with Crippen molar-refractivity contribution in [2.45, 2.75) is 45.2 Å². The van der Waals surface area contributed by atoms with Gasteiger partial charge >= 0.3 is 12.0 Å². The van der Waals surface area contributed by atoms with Crippen LogP contribution in [-0.2, 0) is 4.79 Å². The second-order valence-electron chi connectivity index (χ2n) is 5.04. The van der Waals surface area contributed by atoms with E-state index in [2.05, 4.69) is 12.2 Å². The van der Waals surface area contributed by atoms with Gasteiger partial charge in [0.1, 0.15) is 6.04 Å². The average molecular weight is 258 g/mol. The molecule has 1 fully saturated rings. The summed E-state index contributed by atoms with van der Waals surface area (Å²) < 4.78 is 0. The fourth-order valence-corrected chi connectivity index (χ4v) is 2.19. The molecule has 6 heteroatoms. The van der Waals surface area contributed by atoms with Gasteiger partial charge in [-0.1, -0.05) is 6.92 Å². The maximum Gasteiger partial charge on any atom is 0.326 e. The first kappa shape index (κ1) is 14.8. The largest absolute Gasteiger partial charge is 0.480 e. The van der Waals surface area contributed by atoms with E-state index in [1.165, 1.54) is 0 Å². The molecule has 0 aromatic rings. The van der Waals surface area contributed by atoms with Gasteiger partial charge in [0, 0.05) is 25.6 Å². The third-order valence-corrected chi connectivity index (χ3v) is 3.39. The lowest BCUT2D eigenvalue weighted by Crippen LogP contribution is -2.53. The van der Waals surface area contributed by atoms with Crippen LogP contribution in [0.25, 0.3) is 0 Å². The molecule has 0 aromatic heterocycles. The standard InChI is InChI=1S/C12H22N2O4/c1-8-3-4-9(2)14(7-8)12(18)13-10(5-6-15)11(16)17/h8-10,15H,3-7H2,1-2H3,(H,13,18)(H,16,17)/t8?,9?,10-/m0/s1. The van der Waals surface area contributed by atoms with Gasteiger partial charge in [-0.3, -0.25) is 0 Å². The minimum atomic E-state index is -1.12. The van der Waals surface area contributed by atoms with Gasteiger partial charge in [-0.15, -0.1) is 0 Å². The number of piperidine rings is 1. The molecule has 0 bridgehead atoms. The number of carbonyl (C=O) groups excluding carboxylic acids is 1. The Morgan fingerprint density at radius 2 is 2.06 bits per heavy atom. The van der Waals surface area contributed by atoms with Crippen molar-refractivity contribution in [3.8, 4) is 0 Å². The molecule has 1 heterocycles. The van der Waals surface area contributed by atoms with Gasteiger partial charge in [0.05, 0.1) is 0 Å². The number of rotatable bonds is 4. The minimum absolute atomic E-state index is 0.0266. The number of aliphatic hydroxyl groups excluding tert-OH is 1. The van der Waals surface area contributed by atoms with Crippen LogP contribution in [0.2, 0.25) is 0 Å². The molecule has 1 aliphatic heterocycles. The number of aliphatic carboxylic acids is 1. The van der Waals surface area contributed by atoms with E-state index in [0.29, 0.717) is 12.5 Å². The van der Waals surface area contributed by atoms with Crippen molar-refractivity contribution in [2.75, 3.05) is 13.2 Å². The summed E-state index contributed by atoms with van der Waals surface area (Å²) in [7, 11) is 0. The molecule has 0 spiro atoms. The van der Waals surface area contributed by atoms with Crippen molar-refractivity contribution in [1.82, 2.24) is 10.2 Å². The van der Waals surface area contributed by atoms with Crippen molar-refractivity contribution >= 4 is 12.0 Å². The molecule has 3 atom stereocenters. The Labute approximate surface area is 107 Å². The molecule has 1 rings (SSSR count). The predicted octanol–water partition coefficient (Wildman–Crippen LogP) is 0.652. The van der Waals surface area contributed by atoms with Crippen molar-refractivity contribution in [2.24, 2.45) is 5.92 Å². The second-order valence-corrected chi connectivity index (χ2v) is 5.04. The lowest BCUT2D eigenvalue weighted by molar-refractivity contribution is -0.139. The highest BCUT2D eigenvalue weighted by atomic mass is 16.4. The highest BCUT2D eigenvalue weighted by Crippen LogP contribution is 2.21. The molecule has 104 valence electrons. The Morgan fingerprint density at radius 1 is 1.39 bits per heavy atom. The van der Waals surface area contributed by atoms with Gasteiger partial charge in [0.25, 0.3) is 0 Å². The van der Waals surface area contributed by atoms with Crippen LogP contribution >= 0.6 is 0 Å². The lowest BCUT2D eigenvalue weighted by Gasteiger charge is -2.37. The zero-order valence-electron chi connectivity index (χ0n) is 10.9. The van der Waals surface area contributed by atoms with Gasteiger partial charge < -0.3 is 20.4 Å². The minimum Gasteiger partial charge on any atom is -0.480 e. The average Bonchev–Trinajstić information content (AvgIpc) is 2.31. The number of hydrogen-bond donors (Lipinski definition) is 3. The molecular formula is C12H22N2O4. The number of nitrogens with one attached hydrogen (secondary N) is 1. The van der Waals surface area contributed by atoms with Gasteiger partial charge in [0.15, 0.2) is 0 Å². The van der Waals surface area contributed by atoms with Crippen LogP contribution in [0, 0.1) is 5.92 Å². The highest BCUT2D eigenvalue weighted by molar-refractivity contribution is 5.82. The number of carboxylic acids is 1. The Hall–Kier alpha value is -1.30. The summed E-state index contributed by atoms with van der Waals surface area (Å²) in [4.78, 5) is 24.6. The second kappa shape index (κ2) is 6.58. The molecule has 0 aromatic carbocycles. The smallest absolute Gasteiger partial charge is 0.326 e. The number of likely N-dealkylation sites (tertiary alicyclic amines) is 1. The zero-order chi connectivity index (χ0) is 13.7. The van der Waals surface area contributed by atoms with Crippen molar-refractivity contribution in [3.63, 3.8) is 0 Å². The molecule has 2 unspecified atom stereocenters.